The third kappa shape index (κ3) is 1.46. The van der Waals surface area contributed by atoms with E-state index in [2.05, 4.69) is 6.42 Å². The highest BCUT2D eigenvalue weighted by Crippen LogP contribution is 2.18. The lowest BCUT2D eigenvalue weighted by Gasteiger charge is -2.11. The lowest BCUT2D eigenvalue weighted by molar-refractivity contribution is 0.274. The van der Waals surface area contributed by atoms with Crippen molar-refractivity contribution < 1.29 is 4.39 Å². The first-order valence-electron chi connectivity index (χ1n) is 2.74. The molecule has 0 N–H and O–H groups in total. The van der Waals surface area contributed by atoms with Crippen LogP contribution in [-0.4, -0.2) is 6.17 Å². The zero-order chi connectivity index (χ0) is 5.11. The van der Waals surface area contributed by atoms with E-state index < -0.39 is 6.17 Å². The van der Waals surface area contributed by atoms with Crippen LogP contribution in [-0.2, 0) is 0 Å². The zero-order valence-corrected chi connectivity index (χ0v) is 4.28. The molecular formula is C6H9F. The van der Waals surface area contributed by atoms with E-state index in [-0.39, 0.29) is 0 Å². The molecule has 7 heavy (non-hydrogen) atoms. The quantitative estimate of drug-likeness (QED) is 0.436. The second-order valence-corrected chi connectivity index (χ2v) is 1.92. The van der Waals surface area contributed by atoms with E-state index in [9.17, 15) is 4.39 Å². The molecule has 0 bridgehead atoms. The van der Waals surface area contributed by atoms with Gasteiger partial charge >= 0.3 is 0 Å². The zero-order valence-electron chi connectivity index (χ0n) is 4.28. The molecule has 0 unspecified atom stereocenters. The van der Waals surface area contributed by atoms with Gasteiger partial charge in [-0.25, -0.2) is 4.39 Å². The van der Waals surface area contributed by atoms with Crippen molar-refractivity contribution in [1.29, 1.82) is 0 Å². The normalized spacial score (nSPS) is 25.3. The fraction of sp³-hybridized carbons (Fsp3) is 0.833. The Labute approximate surface area is 43.7 Å². The number of hydrogen-bond acceptors (Lipinski definition) is 0. The Morgan fingerprint density at radius 1 is 1.29 bits per heavy atom. The highest BCUT2D eigenvalue weighted by Gasteiger charge is 2.10. The third-order valence-corrected chi connectivity index (χ3v) is 1.27. The molecule has 0 atom stereocenters. The highest BCUT2D eigenvalue weighted by atomic mass is 19.1. The van der Waals surface area contributed by atoms with E-state index in [0.29, 0.717) is 12.8 Å². The summed E-state index contributed by atoms with van der Waals surface area (Å²) < 4.78 is 12.1. The van der Waals surface area contributed by atoms with Gasteiger partial charge in [0.2, 0.25) is 0 Å². The van der Waals surface area contributed by atoms with Gasteiger partial charge in [-0.1, -0.05) is 0 Å². The van der Waals surface area contributed by atoms with E-state index in [0.717, 1.165) is 12.8 Å². The van der Waals surface area contributed by atoms with E-state index >= 15 is 0 Å². The Kier molecular flexibility index (Phi) is 1.66. The summed E-state index contributed by atoms with van der Waals surface area (Å²) in [5, 5.41) is 0. The summed E-state index contributed by atoms with van der Waals surface area (Å²) in [5.41, 5.74) is 0. The second-order valence-electron chi connectivity index (χ2n) is 1.92. The predicted octanol–water partition coefficient (Wildman–Crippen LogP) is 1.98. The van der Waals surface area contributed by atoms with Gasteiger partial charge in [-0.15, -0.1) is 0 Å². The van der Waals surface area contributed by atoms with Gasteiger partial charge in [0.15, 0.2) is 0 Å². The average molecular weight is 100 g/mol. The molecule has 1 rings (SSSR count). The fourth-order valence-corrected chi connectivity index (χ4v) is 0.787. The summed E-state index contributed by atoms with van der Waals surface area (Å²) in [5.74, 6) is 0. The van der Waals surface area contributed by atoms with Crippen molar-refractivity contribution in [3.05, 3.63) is 6.42 Å². The van der Waals surface area contributed by atoms with E-state index in [1.54, 1.807) is 0 Å². The van der Waals surface area contributed by atoms with Gasteiger partial charge in [0.1, 0.15) is 6.17 Å². The SMILES string of the molecule is FC1CC[C]CC1. The first kappa shape index (κ1) is 5.07. The number of hydrogen-bond donors (Lipinski definition) is 0. The summed E-state index contributed by atoms with van der Waals surface area (Å²) in [6.45, 7) is 0. The van der Waals surface area contributed by atoms with Crippen LogP contribution in [0.4, 0.5) is 4.39 Å². The first-order chi connectivity index (χ1) is 3.39. The topological polar surface area (TPSA) is 0 Å². The van der Waals surface area contributed by atoms with Crippen LogP contribution in [0.5, 0.6) is 0 Å². The van der Waals surface area contributed by atoms with Crippen molar-refractivity contribution in [2.45, 2.75) is 31.9 Å². The first-order valence-corrected chi connectivity index (χ1v) is 2.74. The van der Waals surface area contributed by atoms with Gasteiger partial charge in [0.05, 0.1) is 0 Å². The minimum Gasteiger partial charge on any atom is -0.247 e. The Morgan fingerprint density at radius 2 is 1.86 bits per heavy atom. The third-order valence-electron chi connectivity index (χ3n) is 1.27. The van der Waals surface area contributed by atoms with Gasteiger partial charge in [0, 0.05) is 0 Å². The number of alkyl halides is 1. The van der Waals surface area contributed by atoms with Crippen LogP contribution in [0.25, 0.3) is 0 Å². The molecule has 0 nitrogen and oxygen atoms in total. The Bertz CT molecular complexity index is 46.1. The average Bonchev–Trinajstić information content (AvgIpc) is 1.69. The van der Waals surface area contributed by atoms with Crippen molar-refractivity contribution >= 4 is 0 Å². The monoisotopic (exact) mass is 100 g/mol. The lowest BCUT2D eigenvalue weighted by atomic mass is 9.99. The lowest BCUT2D eigenvalue weighted by Crippen LogP contribution is -2.05. The van der Waals surface area contributed by atoms with Crippen molar-refractivity contribution in [2.75, 3.05) is 0 Å². The summed E-state index contributed by atoms with van der Waals surface area (Å²) in [7, 11) is 0. The Hall–Kier alpha value is -0.0700. The minimum atomic E-state index is -0.527. The molecule has 40 valence electrons. The van der Waals surface area contributed by atoms with E-state index in [4.69, 9.17) is 0 Å². The van der Waals surface area contributed by atoms with E-state index in [1.165, 1.54) is 0 Å². The molecule has 0 aromatic rings. The molecule has 0 aliphatic heterocycles. The summed E-state index contributed by atoms with van der Waals surface area (Å²) in [4.78, 5) is 0. The van der Waals surface area contributed by atoms with Crippen LogP contribution in [0.15, 0.2) is 0 Å². The Morgan fingerprint density at radius 3 is 2.14 bits per heavy atom. The molecule has 1 fully saturated rings. The highest BCUT2D eigenvalue weighted by molar-refractivity contribution is 4.75. The predicted molar refractivity (Wildman–Crippen MR) is 26.6 cm³/mol. The molecule has 1 heteroatoms. The van der Waals surface area contributed by atoms with Crippen molar-refractivity contribution in [3.63, 3.8) is 0 Å². The minimum absolute atomic E-state index is 0.527. The molecular weight excluding hydrogens is 91.1 g/mol. The maximum atomic E-state index is 12.1. The molecule has 0 heterocycles. The van der Waals surface area contributed by atoms with Crippen LogP contribution in [0.1, 0.15) is 25.7 Å². The molecule has 2 radical (unpaired) electrons. The van der Waals surface area contributed by atoms with Crippen molar-refractivity contribution in [1.82, 2.24) is 0 Å². The largest absolute Gasteiger partial charge is 0.247 e. The summed E-state index contributed by atoms with van der Waals surface area (Å²) in [6, 6.07) is 0. The van der Waals surface area contributed by atoms with Gasteiger partial charge in [-0.2, -0.15) is 0 Å². The molecule has 1 aliphatic rings. The van der Waals surface area contributed by atoms with E-state index in [1.807, 2.05) is 0 Å². The second kappa shape index (κ2) is 2.29. The molecule has 1 saturated carbocycles. The molecule has 0 aromatic heterocycles. The summed E-state index contributed by atoms with van der Waals surface area (Å²) >= 11 is 0. The number of halogens is 1. The molecule has 0 amide bonds. The van der Waals surface area contributed by atoms with Crippen LogP contribution in [0, 0.1) is 6.42 Å². The Balaban J connectivity index is 2.12. The van der Waals surface area contributed by atoms with Crippen molar-refractivity contribution in [2.24, 2.45) is 0 Å². The van der Waals surface area contributed by atoms with Crippen LogP contribution in [0.2, 0.25) is 0 Å². The maximum Gasteiger partial charge on any atom is 0.100 e. The smallest absolute Gasteiger partial charge is 0.100 e. The molecule has 1 aliphatic carbocycles. The maximum absolute atomic E-state index is 12.1. The number of rotatable bonds is 0. The summed E-state index contributed by atoms with van der Waals surface area (Å²) in [6.07, 6.45) is 5.69. The van der Waals surface area contributed by atoms with Crippen molar-refractivity contribution in [3.8, 4) is 0 Å². The van der Waals surface area contributed by atoms with Crippen LogP contribution < -0.4 is 0 Å². The fourth-order valence-electron chi connectivity index (χ4n) is 0.787. The molecule has 0 saturated heterocycles. The molecule has 0 spiro atoms. The standard InChI is InChI=1S/C6H9F/c7-6-4-2-1-3-5-6/h6H,2-5H2. The van der Waals surface area contributed by atoms with Crippen LogP contribution in [0.3, 0.4) is 0 Å². The van der Waals surface area contributed by atoms with Gasteiger partial charge < -0.3 is 0 Å². The van der Waals surface area contributed by atoms with Gasteiger partial charge in [0.25, 0.3) is 0 Å². The van der Waals surface area contributed by atoms with Gasteiger partial charge in [-0.05, 0) is 32.1 Å². The van der Waals surface area contributed by atoms with Gasteiger partial charge in [-0.3, -0.25) is 0 Å². The van der Waals surface area contributed by atoms with Crippen LogP contribution >= 0.6 is 0 Å². The molecule has 0 aromatic carbocycles.